The molecule has 1 heterocycles. The van der Waals surface area contributed by atoms with Gasteiger partial charge in [0.2, 0.25) is 0 Å². The first-order chi connectivity index (χ1) is 8.56. The van der Waals surface area contributed by atoms with Gasteiger partial charge in [-0.2, -0.15) is 0 Å². The van der Waals surface area contributed by atoms with Crippen molar-refractivity contribution < 1.29 is 13.6 Å². The summed E-state index contributed by atoms with van der Waals surface area (Å²) in [4.78, 5) is 15.5. The van der Waals surface area contributed by atoms with Crippen LogP contribution >= 0.6 is 0 Å². The molecule has 1 aromatic carbocycles. The van der Waals surface area contributed by atoms with Crippen molar-refractivity contribution in [2.24, 2.45) is 0 Å². The van der Waals surface area contributed by atoms with Gasteiger partial charge in [-0.3, -0.25) is 4.79 Å². The summed E-state index contributed by atoms with van der Waals surface area (Å²) in [6.45, 7) is 0. The maximum Gasteiger partial charge on any atom is 0.257 e. The molecule has 18 heavy (non-hydrogen) atoms. The van der Waals surface area contributed by atoms with Gasteiger partial charge in [-0.05, 0) is 24.3 Å². The number of benzene rings is 1. The van der Waals surface area contributed by atoms with Crippen LogP contribution in [0.3, 0.4) is 0 Å². The first-order valence-corrected chi connectivity index (χ1v) is 5.04. The van der Waals surface area contributed by atoms with E-state index in [-0.39, 0.29) is 17.1 Å². The molecule has 92 valence electrons. The predicted molar refractivity (Wildman–Crippen MR) is 63.0 cm³/mol. The first-order valence-electron chi connectivity index (χ1n) is 5.04. The number of rotatable bonds is 2. The highest BCUT2D eigenvalue weighted by Gasteiger charge is 2.10. The Morgan fingerprint density at radius 3 is 2.61 bits per heavy atom. The number of hydrogen-bond acceptors (Lipinski definition) is 3. The van der Waals surface area contributed by atoms with Crippen molar-refractivity contribution in [3.05, 3.63) is 53.7 Å². The van der Waals surface area contributed by atoms with Gasteiger partial charge in [-0.15, -0.1) is 0 Å². The van der Waals surface area contributed by atoms with Crippen LogP contribution in [0.25, 0.3) is 0 Å². The maximum atomic E-state index is 13.3. The van der Waals surface area contributed by atoms with Gasteiger partial charge in [0.05, 0.1) is 11.3 Å². The molecule has 0 aliphatic carbocycles. The second kappa shape index (κ2) is 4.79. The summed E-state index contributed by atoms with van der Waals surface area (Å²) >= 11 is 0. The Balaban J connectivity index is 2.18. The van der Waals surface area contributed by atoms with Crippen LogP contribution in [0.1, 0.15) is 10.4 Å². The summed E-state index contributed by atoms with van der Waals surface area (Å²) in [5.41, 5.74) is 5.51. The topological polar surface area (TPSA) is 68.0 Å². The molecule has 0 bridgehead atoms. The second-order valence-corrected chi connectivity index (χ2v) is 3.55. The van der Waals surface area contributed by atoms with Gasteiger partial charge in [-0.1, -0.05) is 0 Å². The van der Waals surface area contributed by atoms with E-state index in [1.165, 1.54) is 18.3 Å². The number of hydrogen-bond donors (Lipinski definition) is 2. The van der Waals surface area contributed by atoms with Gasteiger partial charge in [0, 0.05) is 12.3 Å². The van der Waals surface area contributed by atoms with Crippen molar-refractivity contribution in [2.75, 3.05) is 11.1 Å². The zero-order valence-electron chi connectivity index (χ0n) is 9.15. The van der Waals surface area contributed by atoms with Gasteiger partial charge >= 0.3 is 0 Å². The van der Waals surface area contributed by atoms with E-state index in [1.807, 2.05) is 0 Å². The lowest BCUT2D eigenvalue weighted by molar-refractivity contribution is 0.102. The third-order valence-electron chi connectivity index (χ3n) is 2.23. The summed E-state index contributed by atoms with van der Waals surface area (Å²) in [7, 11) is 0. The quantitative estimate of drug-likeness (QED) is 0.857. The van der Waals surface area contributed by atoms with Crippen LogP contribution in [0, 0.1) is 11.6 Å². The number of halogens is 2. The van der Waals surface area contributed by atoms with E-state index in [2.05, 4.69) is 10.3 Å². The summed E-state index contributed by atoms with van der Waals surface area (Å²) < 4.78 is 26.0. The Labute approximate surface area is 101 Å². The molecule has 0 spiro atoms. The van der Waals surface area contributed by atoms with Crippen LogP contribution in [0.5, 0.6) is 0 Å². The van der Waals surface area contributed by atoms with E-state index < -0.39 is 17.5 Å². The third-order valence-corrected chi connectivity index (χ3v) is 2.23. The summed E-state index contributed by atoms with van der Waals surface area (Å²) in [5.74, 6) is -1.82. The zero-order chi connectivity index (χ0) is 13.1. The molecule has 2 rings (SSSR count). The maximum absolute atomic E-state index is 13.3. The van der Waals surface area contributed by atoms with E-state index in [0.29, 0.717) is 6.07 Å². The SMILES string of the molecule is Nc1ccc(C(=O)Nc2ccc(F)cc2F)cn1. The number of pyridine rings is 1. The first kappa shape index (κ1) is 12.0. The van der Waals surface area contributed by atoms with Crippen molar-refractivity contribution >= 4 is 17.4 Å². The molecule has 0 radical (unpaired) electrons. The normalized spacial score (nSPS) is 10.1. The van der Waals surface area contributed by atoms with E-state index in [1.54, 1.807) is 0 Å². The molecule has 4 nitrogen and oxygen atoms in total. The van der Waals surface area contributed by atoms with Gasteiger partial charge in [-0.25, -0.2) is 13.8 Å². The number of aromatic nitrogens is 1. The second-order valence-electron chi connectivity index (χ2n) is 3.55. The molecule has 0 fully saturated rings. The highest BCUT2D eigenvalue weighted by Crippen LogP contribution is 2.16. The van der Waals surface area contributed by atoms with Crippen molar-refractivity contribution in [1.82, 2.24) is 4.98 Å². The minimum Gasteiger partial charge on any atom is -0.384 e. The van der Waals surface area contributed by atoms with E-state index in [0.717, 1.165) is 12.1 Å². The van der Waals surface area contributed by atoms with Crippen LogP contribution in [-0.4, -0.2) is 10.9 Å². The molecule has 0 unspecified atom stereocenters. The Kier molecular flexibility index (Phi) is 3.18. The largest absolute Gasteiger partial charge is 0.384 e. The van der Waals surface area contributed by atoms with Crippen molar-refractivity contribution in [3.8, 4) is 0 Å². The number of nitrogens with two attached hydrogens (primary N) is 1. The molecule has 3 N–H and O–H groups in total. The van der Waals surface area contributed by atoms with Gasteiger partial charge in [0.25, 0.3) is 5.91 Å². The number of nitrogens with zero attached hydrogens (tertiary/aromatic N) is 1. The van der Waals surface area contributed by atoms with Gasteiger partial charge in [0.15, 0.2) is 0 Å². The van der Waals surface area contributed by atoms with Crippen LogP contribution in [0.2, 0.25) is 0 Å². The monoisotopic (exact) mass is 249 g/mol. The molecule has 0 aliphatic rings. The third kappa shape index (κ3) is 2.60. The minimum atomic E-state index is -0.841. The Hall–Kier alpha value is -2.50. The summed E-state index contributed by atoms with van der Waals surface area (Å²) in [6, 6.07) is 5.80. The highest BCUT2D eigenvalue weighted by atomic mass is 19.1. The number of carbonyl (C=O) groups excluding carboxylic acids is 1. The van der Waals surface area contributed by atoms with E-state index >= 15 is 0 Å². The Bertz CT molecular complexity index is 584. The van der Waals surface area contributed by atoms with Gasteiger partial charge < -0.3 is 11.1 Å². The fourth-order valence-electron chi connectivity index (χ4n) is 1.32. The van der Waals surface area contributed by atoms with Crippen LogP contribution in [0.4, 0.5) is 20.3 Å². The number of carbonyl (C=O) groups is 1. The summed E-state index contributed by atoms with van der Waals surface area (Å²) in [6.07, 6.45) is 1.27. The molecular formula is C12H9F2N3O. The molecule has 0 saturated heterocycles. The molecule has 1 aromatic heterocycles. The molecule has 2 aromatic rings. The fraction of sp³-hybridized carbons (Fsp3) is 0. The average Bonchev–Trinajstić information content (AvgIpc) is 2.33. The lowest BCUT2D eigenvalue weighted by atomic mass is 10.2. The van der Waals surface area contributed by atoms with Gasteiger partial charge in [0.1, 0.15) is 17.5 Å². The van der Waals surface area contributed by atoms with Crippen LogP contribution in [-0.2, 0) is 0 Å². The standard InChI is InChI=1S/C12H9F2N3O/c13-8-2-3-10(9(14)5-8)17-12(18)7-1-4-11(15)16-6-7/h1-6H,(H2,15,16)(H,17,18). The minimum absolute atomic E-state index is 0.0989. The molecule has 0 saturated carbocycles. The smallest absolute Gasteiger partial charge is 0.257 e. The van der Waals surface area contributed by atoms with Crippen LogP contribution in [0.15, 0.2) is 36.5 Å². The summed E-state index contributed by atoms with van der Waals surface area (Å²) in [5, 5.41) is 2.31. The number of nitrogen functional groups attached to an aromatic ring is 1. The Morgan fingerprint density at radius 2 is 2.00 bits per heavy atom. The number of nitrogens with one attached hydrogen (secondary N) is 1. The molecule has 6 heteroatoms. The highest BCUT2D eigenvalue weighted by molar-refractivity contribution is 6.04. The Morgan fingerprint density at radius 1 is 1.22 bits per heavy atom. The predicted octanol–water partition coefficient (Wildman–Crippen LogP) is 2.19. The molecular weight excluding hydrogens is 240 g/mol. The van der Waals surface area contributed by atoms with Crippen molar-refractivity contribution in [2.45, 2.75) is 0 Å². The van der Waals surface area contributed by atoms with Crippen molar-refractivity contribution in [1.29, 1.82) is 0 Å². The molecule has 1 amide bonds. The molecule has 0 aliphatic heterocycles. The lowest BCUT2D eigenvalue weighted by Crippen LogP contribution is -2.13. The number of amides is 1. The fourth-order valence-corrected chi connectivity index (χ4v) is 1.32. The van der Waals surface area contributed by atoms with E-state index in [9.17, 15) is 13.6 Å². The zero-order valence-corrected chi connectivity index (χ0v) is 9.15. The van der Waals surface area contributed by atoms with Crippen LogP contribution < -0.4 is 11.1 Å². The van der Waals surface area contributed by atoms with Crippen molar-refractivity contribution in [3.63, 3.8) is 0 Å². The molecule has 0 atom stereocenters. The number of anilines is 2. The van der Waals surface area contributed by atoms with E-state index in [4.69, 9.17) is 5.73 Å². The average molecular weight is 249 g/mol. The lowest BCUT2D eigenvalue weighted by Gasteiger charge is -2.06.